The van der Waals surface area contributed by atoms with Crippen molar-refractivity contribution in [3.05, 3.63) is 0 Å². The fourth-order valence-corrected chi connectivity index (χ4v) is 2.23. The zero-order valence-corrected chi connectivity index (χ0v) is 10.1. The molecule has 1 heterocycles. The largest absolute Gasteiger partial charge is 0.324 e. The number of likely N-dealkylation sites (tertiary alicyclic amines) is 1. The summed E-state index contributed by atoms with van der Waals surface area (Å²) >= 11 is 0. The van der Waals surface area contributed by atoms with E-state index in [0.717, 1.165) is 19.0 Å². The molecule has 2 rings (SSSR count). The smallest absolute Gasteiger partial charge is 0.0249 e. The summed E-state index contributed by atoms with van der Waals surface area (Å²) < 4.78 is 0. The van der Waals surface area contributed by atoms with Crippen LogP contribution < -0.4 is 11.1 Å². The molecular weight excluding hydrogens is 186 g/mol. The van der Waals surface area contributed by atoms with Crippen LogP contribution in [0.1, 0.15) is 39.5 Å². The van der Waals surface area contributed by atoms with E-state index >= 15 is 0 Å². The summed E-state index contributed by atoms with van der Waals surface area (Å²) in [5, 5.41) is 3.62. The SMILES string of the molecule is CCC(C)(N)CNC1CCN(C2CC2)C1. The van der Waals surface area contributed by atoms with Crippen molar-refractivity contribution in [3.8, 4) is 0 Å². The lowest BCUT2D eigenvalue weighted by Gasteiger charge is -2.25. The third-order valence-corrected chi connectivity index (χ3v) is 3.89. The minimum absolute atomic E-state index is 0.0347. The van der Waals surface area contributed by atoms with Gasteiger partial charge in [-0.3, -0.25) is 4.90 Å². The summed E-state index contributed by atoms with van der Waals surface area (Å²) in [6.45, 7) is 7.77. The molecule has 0 aromatic heterocycles. The lowest BCUT2D eigenvalue weighted by Crippen LogP contribution is -2.49. The molecular formula is C12H25N3. The van der Waals surface area contributed by atoms with Crippen molar-refractivity contribution < 1.29 is 0 Å². The molecule has 2 aliphatic rings. The second kappa shape index (κ2) is 4.40. The van der Waals surface area contributed by atoms with Gasteiger partial charge in [-0.2, -0.15) is 0 Å². The number of nitrogens with one attached hydrogen (secondary N) is 1. The van der Waals surface area contributed by atoms with Crippen LogP contribution in [-0.2, 0) is 0 Å². The Morgan fingerprint density at radius 2 is 2.13 bits per heavy atom. The Kier molecular flexibility index (Phi) is 3.33. The van der Waals surface area contributed by atoms with Gasteiger partial charge in [0.25, 0.3) is 0 Å². The minimum Gasteiger partial charge on any atom is -0.324 e. The molecule has 3 nitrogen and oxygen atoms in total. The maximum absolute atomic E-state index is 6.12. The van der Waals surface area contributed by atoms with Crippen molar-refractivity contribution in [1.29, 1.82) is 0 Å². The Morgan fingerprint density at radius 1 is 1.40 bits per heavy atom. The van der Waals surface area contributed by atoms with Crippen LogP contribution in [0.25, 0.3) is 0 Å². The van der Waals surface area contributed by atoms with Crippen molar-refractivity contribution >= 4 is 0 Å². The van der Waals surface area contributed by atoms with E-state index in [1.54, 1.807) is 0 Å². The third kappa shape index (κ3) is 3.16. The maximum atomic E-state index is 6.12. The first-order valence-corrected chi connectivity index (χ1v) is 6.37. The van der Waals surface area contributed by atoms with Crippen LogP contribution in [0.15, 0.2) is 0 Å². The highest BCUT2D eigenvalue weighted by Crippen LogP contribution is 2.29. The molecule has 15 heavy (non-hydrogen) atoms. The summed E-state index contributed by atoms with van der Waals surface area (Å²) in [5.74, 6) is 0. The summed E-state index contributed by atoms with van der Waals surface area (Å²) in [5.41, 5.74) is 6.09. The van der Waals surface area contributed by atoms with E-state index in [1.807, 2.05) is 0 Å². The fourth-order valence-electron chi connectivity index (χ4n) is 2.23. The minimum atomic E-state index is -0.0347. The molecule has 2 unspecified atom stereocenters. The Hall–Kier alpha value is -0.120. The molecule has 1 aliphatic carbocycles. The highest BCUT2D eigenvalue weighted by Gasteiger charge is 2.34. The lowest BCUT2D eigenvalue weighted by atomic mass is 10.0. The maximum Gasteiger partial charge on any atom is 0.0249 e. The van der Waals surface area contributed by atoms with Gasteiger partial charge in [0, 0.05) is 37.3 Å². The monoisotopic (exact) mass is 211 g/mol. The zero-order chi connectivity index (χ0) is 10.9. The molecule has 0 aromatic carbocycles. The van der Waals surface area contributed by atoms with Gasteiger partial charge in [-0.25, -0.2) is 0 Å². The average Bonchev–Trinajstić information content (AvgIpc) is 2.96. The van der Waals surface area contributed by atoms with Gasteiger partial charge in [-0.15, -0.1) is 0 Å². The van der Waals surface area contributed by atoms with Crippen molar-refractivity contribution in [2.45, 2.75) is 57.2 Å². The van der Waals surface area contributed by atoms with Crippen LogP contribution in [0, 0.1) is 0 Å². The number of rotatable bonds is 5. The standard InChI is InChI=1S/C12H25N3/c1-3-12(2,13)9-14-10-6-7-15(8-10)11-4-5-11/h10-11,14H,3-9,13H2,1-2H3. The predicted molar refractivity (Wildman–Crippen MR) is 63.9 cm³/mol. The first kappa shape index (κ1) is 11.4. The van der Waals surface area contributed by atoms with E-state index < -0.39 is 0 Å². The molecule has 1 saturated heterocycles. The topological polar surface area (TPSA) is 41.3 Å². The molecule has 0 aromatic rings. The van der Waals surface area contributed by atoms with Gasteiger partial charge in [0.05, 0.1) is 0 Å². The molecule has 0 amide bonds. The van der Waals surface area contributed by atoms with E-state index in [0.29, 0.717) is 6.04 Å². The van der Waals surface area contributed by atoms with E-state index in [1.165, 1.54) is 32.4 Å². The van der Waals surface area contributed by atoms with Gasteiger partial charge in [0.1, 0.15) is 0 Å². The normalized spacial score (nSPS) is 31.8. The second-order valence-electron chi connectivity index (χ2n) is 5.60. The van der Waals surface area contributed by atoms with E-state index in [4.69, 9.17) is 5.73 Å². The van der Waals surface area contributed by atoms with Gasteiger partial charge in [-0.05, 0) is 32.6 Å². The van der Waals surface area contributed by atoms with E-state index in [9.17, 15) is 0 Å². The Balaban J connectivity index is 1.68. The van der Waals surface area contributed by atoms with Crippen LogP contribution in [-0.4, -0.2) is 42.2 Å². The lowest BCUT2D eigenvalue weighted by molar-refractivity contribution is 0.311. The van der Waals surface area contributed by atoms with Gasteiger partial charge in [-0.1, -0.05) is 6.92 Å². The molecule has 0 bridgehead atoms. The number of nitrogens with two attached hydrogens (primary N) is 1. The first-order chi connectivity index (χ1) is 7.11. The Morgan fingerprint density at radius 3 is 2.73 bits per heavy atom. The summed E-state index contributed by atoms with van der Waals surface area (Å²) in [4.78, 5) is 2.64. The molecule has 88 valence electrons. The van der Waals surface area contributed by atoms with Crippen molar-refractivity contribution in [1.82, 2.24) is 10.2 Å². The molecule has 2 atom stereocenters. The number of hydrogen-bond acceptors (Lipinski definition) is 3. The van der Waals surface area contributed by atoms with Gasteiger partial charge in [0.2, 0.25) is 0 Å². The van der Waals surface area contributed by atoms with Crippen LogP contribution in [0.5, 0.6) is 0 Å². The van der Waals surface area contributed by atoms with Gasteiger partial charge < -0.3 is 11.1 Å². The predicted octanol–water partition coefficient (Wildman–Crippen LogP) is 0.940. The van der Waals surface area contributed by atoms with E-state index in [-0.39, 0.29) is 5.54 Å². The van der Waals surface area contributed by atoms with Crippen LogP contribution >= 0.6 is 0 Å². The van der Waals surface area contributed by atoms with Crippen LogP contribution in [0.3, 0.4) is 0 Å². The molecule has 2 fully saturated rings. The first-order valence-electron chi connectivity index (χ1n) is 6.37. The zero-order valence-electron chi connectivity index (χ0n) is 10.1. The second-order valence-corrected chi connectivity index (χ2v) is 5.60. The molecule has 0 spiro atoms. The van der Waals surface area contributed by atoms with Gasteiger partial charge in [0.15, 0.2) is 0 Å². The molecule has 0 radical (unpaired) electrons. The summed E-state index contributed by atoms with van der Waals surface area (Å²) in [7, 11) is 0. The van der Waals surface area contributed by atoms with Crippen molar-refractivity contribution in [2.24, 2.45) is 5.73 Å². The number of nitrogens with zero attached hydrogens (tertiary/aromatic N) is 1. The molecule has 1 aliphatic heterocycles. The quantitative estimate of drug-likeness (QED) is 0.711. The Labute approximate surface area is 93.4 Å². The van der Waals surface area contributed by atoms with E-state index in [2.05, 4.69) is 24.1 Å². The average molecular weight is 211 g/mol. The summed E-state index contributed by atoms with van der Waals surface area (Å²) in [6, 6.07) is 1.60. The van der Waals surface area contributed by atoms with Crippen LogP contribution in [0.2, 0.25) is 0 Å². The highest BCUT2D eigenvalue weighted by atomic mass is 15.2. The molecule has 3 heteroatoms. The number of hydrogen-bond donors (Lipinski definition) is 2. The van der Waals surface area contributed by atoms with Gasteiger partial charge >= 0.3 is 0 Å². The highest BCUT2D eigenvalue weighted by molar-refractivity contribution is 4.93. The fraction of sp³-hybridized carbons (Fsp3) is 1.00. The van der Waals surface area contributed by atoms with Crippen molar-refractivity contribution in [2.75, 3.05) is 19.6 Å². The molecule has 3 N–H and O–H groups in total. The van der Waals surface area contributed by atoms with Crippen molar-refractivity contribution in [3.63, 3.8) is 0 Å². The third-order valence-electron chi connectivity index (χ3n) is 3.89. The summed E-state index contributed by atoms with van der Waals surface area (Å²) in [6.07, 6.45) is 5.20. The van der Waals surface area contributed by atoms with Crippen LogP contribution in [0.4, 0.5) is 0 Å². The Bertz CT molecular complexity index is 211. The molecule has 1 saturated carbocycles.